The molecule has 0 saturated carbocycles. The molecule has 0 spiro atoms. The minimum absolute atomic E-state index is 0.00158. The summed E-state index contributed by atoms with van der Waals surface area (Å²) in [5, 5.41) is 0. The van der Waals surface area contributed by atoms with Gasteiger partial charge in [0.1, 0.15) is 0 Å². The molecule has 0 bridgehead atoms. The molecule has 3 nitrogen and oxygen atoms in total. The summed E-state index contributed by atoms with van der Waals surface area (Å²) in [6, 6.07) is 20.7. The molecule has 0 radical (unpaired) electrons. The first-order chi connectivity index (χ1) is 11.3. The highest BCUT2D eigenvalue weighted by Gasteiger charge is 2.29. The molecule has 0 aliphatic carbocycles. The van der Waals surface area contributed by atoms with E-state index >= 15 is 0 Å². The fourth-order valence-corrected chi connectivity index (χ4v) is 3.32. The van der Waals surface area contributed by atoms with E-state index in [-0.39, 0.29) is 11.9 Å². The number of benzene rings is 2. The lowest BCUT2D eigenvalue weighted by molar-refractivity contribution is -0.132. The van der Waals surface area contributed by atoms with Gasteiger partial charge in [-0.25, -0.2) is 0 Å². The minimum Gasteiger partial charge on any atom is -0.330 e. The maximum absolute atomic E-state index is 12.9. The van der Waals surface area contributed by atoms with Crippen LogP contribution in [0, 0.1) is 0 Å². The van der Waals surface area contributed by atoms with Crippen LogP contribution in [0.15, 0.2) is 60.7 Å². The zero-order valence-electron chi connectivity index (χ0n) is 13.7. The van der Waals surface area contributed by atoms with Crippen molar-refractivity contribution in [3.63, 3.8) is 0 Å². The van der Waals surface area contributed by atoms with E-state index in [0.29, 0.717) is 6.54 Å². The van der Waals surface area contributed by atoms with Gasteiger partial charge in [0.25, 0.3) is 0 Å². The number of rotatable bonds is 4. The third-order valence-corrected chi connectivity index (χ3v) is 4.54. The molecule has 0 atom stereocenters. The molecule has 1 heterocycles. The highest BCUT2D eigenvalue weighted by atomic mass is 16.2. The van der Waals surface area contributed by atoms with E-state index in [9.17, 15) is 4.79 Å². The second kappa shape index (κ2) is 7.42. The van der Waals surface area contributed by atoms with E-state index in [0.717, 1.165) is 26.1 Å². The van der Waals surface area contributed by atoms with E-state index in [1.807, 2.05) is 36.4 Å². The molecule has 1 amide bonds. The summed E-state index contributed by atoms with van der Waals surface area (Å²) in [4.78, 5) is 17.1. The number of amides is 1. The standard InChI is InChI=1S/C20H24N2O/c1-2-21-14-9-15-22(19(23)16-21)20(17-10-5-3-6-11-17)18-12-7-4-8-13-18/h3-8,10-13,20H,2,9,14-16H2,1H3. The molecule has 1 fully saturated rings. The van der Waals surface area contributed by atoms with Crippen LogP contribution in [-0.2, 0) is 4.79 Å². The Morgan fingerprint density at radius 3 is 2.00 bits per heavy atom. The Morgan fingerprint density at radius 2 is 1.48 bits per heavy atom. The van der Waals surface area contributed by atoms with Crippen LogP contribution in [-0.4, -0.2) is 41.9 Å². The van der Waals surface area contributed by atoms with Crippen molar-refractivity contribution < 1.29 is 4.79 Å². The highest BCUT2D eigenvalue weighted by molar-refractivity contribution is 5.79. The van der Waals surface area contributed by atoms with Crippen molar-refractivity contribution in [2.75, 3.05) is 26.2 Å². The Labute approximate surface area is 138 Å². The summed E-state index contributed by atoms with van der Waals surface area (Å²) in [6.07, 6.45) is 1.02. The minimum atomic E-state index is 0.00158. The fraction of sp³-hybridized carbons (Fsp3) is 0.350. The van der Waals surface area contributed by atoms with Gasteiger partial charge in [-0.15, -0.1) is 0 Å². The van der Waals surface area contributed by atoms with Crippen molar-refractivity contribution in [2.45, 2.75) is 19.4 Å². The molecule has 1 saturated heterocycles. The van der Waals surface area contributed by atoms with Crippen LogP contribution < -0.4 is 0 Å². The molecule has 1 aliphatic heterocycles. The highest BCUT2D eigenvalue weighted by Crippen LogP contribution is 2.29. The summed E-state index contributed by atoms with van der Waals surface area (Å²) in [6.45, 7) is 5.38. The van der Waals surface area contributed by atoms with E-state index in [1.165, 1.54) is 11.1 Å². The Morgan fingerprint density at radius 1 is 0.913 bits per heavy atom. The quantitative estimate of drug-likeness (QED) is 0.865. The molecule has 3 heteroatoms. The SMILES string of the molecule is CCN1CCCN(C(c2ccccc2)c2ccccc2)C(=O)C1. The van der Waals surface area contributed by atoms with Gasteiger partial charge in [0.05, 0.1) is 12.6 Å². The van der Waals surface area contributed by atoms with Crippen molar-refractivity contribution >= 4 is 5.91 Å². The van der Waals surface area contributed by atoms with Gasteiger partial charge in [-0.3, -0.25) is 9.69 Å². The first kappa shape index (κ1) is 15.8. The maximum atomic E-state index is 12.9. The van der Waals surface area contributed by atoms with Gasteiger partial charge >= 0.3 is 0 Å². The van der Waals surface area contributed by atoms with Crippen LogP contribution in [0.5, 0.6) is 0 Å². The van der Waals surface area contributed by atoms with E-state index in [1.54, 1.807) is 0 Å². The Hall–Kier alpha value is -2.13. The van der Waals surface area contributed by atoms with E-state index < -0.39 is 0 Å². The Kier molecular flexibility index (Phi) is 5.09. The van der Waals surface area contributed by atoms with Gasteiger partial charge in [0.2, 0.25) is 5.91 Å². The summed E-state index contributed by atoms with van der Waals surface area (Å²) in [5.41, 5.74) is 2.36. The predicted molar refractivity (Wildman–Crippen MR) is 93.2 cm³/mol. The second-order valence-electron chi connectivity index (χ2n) is 6.03. The number of carbonyl (C=O) groups is 1. The third-order valence-electron chi connectivity index (χ3n) is 4.54. The summed E-state index contributed by atoms with van der Waals surface area (Å²) in [7, 11) is 0. The van der Waals surface area contributed by atoms with Crippen LogP contribution in [0.3, 0.4) is 0 Å². The molecule has 23 heavy (non-hydrogen) atoms. The van der Waals surface area contributed by atoms with Crippen molar-refractivity contribution in [3.8, 4) is 0 Å². The predicted octanol–water partition coefficient (Wildman–Crippen LogP) is 3.33. The van der Waals surface area contributed by atoms with Crippen molar-refractivity contribution in [1.82, 2.24) is 9.80 Å². The molecule has 0 unspecified atom stereocenters. The number of nitrogens with zero attached hydrogens (tertiary/aromatic N) is 2. The molecule has 0 aromatic heterocycles. The largest absolute Gasteiger partial charge is 0.330 e. The summed E-state index contributed by atoms with van der Waals surface area (Å²) in [5.74, 6) is 0.224. The molecule has 120 valence electrons. The number of hydrogen-bond acceptors (Lipinski definition) is 2. The zero-order valence-corrected chi connectivity index (χ0v) is 13.7. The smallest absolute Gasteiger partial charge is 0.237 e. The fourth-order valence-electron chi connectivity index (χ4n) is 3.32. The van der Waals surface area contributed by atoms with Crippen LogP contribution in [0.2, 0.25) is 0 Å². The van der Waals surface area contributed by atoms with Crippen LogP contribution >= 0.6 is 0 Å². The molecule has 2 aromatic rings. The summed E-state index contributed by atoms with van der Waals surface area (Å²) >= 11 is 0. The number of hydrogen-bond donors (Lipinski definition) is 0. The third kappa shape index (κ3) is 3.62. The molecule has 2 aromatic carbocycles. The Balaban J connectivity index is 1.97. The molecular weight excluding hydrogens is 284 g/mol. The lowest BCUT2D eigenvalue weighted by Crippen LogP contribution is -2.39. The average molecular weight is 308 g/mol. The van der Waals surface area contributed by atoms with Gasteiger partial charge in [0, 0.05) is 13.1 Å². The topological polar surface area (TPSA) is 23.6 Å². The van der Waals surface area contributed by atoms with E-state index in [2.05, 4.69) is 41.0 Å². The first-order valence-electron chi connectivity index (χ1n) is 8.41. The molecule has 3 rings (SSSR count). The van der Waals surface area contributed by atoms with Gasteiger partial charge < -0.3 is 4.90 Å². The number of carbonyl (C=O) groups excluding carboxylic acids is 1. The normalized spacial score (nSPS) is 16.6. The summed E-state index contributed by atoms with van der Waals surface area (Å²) < 4.78 is 0. The zero-order chi connectivity index (χ0) is 16.1. The second-order valence-corrected chi connectivity index (χ2v) is 6.03. The first-order valence-corrected chi connectivity index (χ1v) is 8.41. The Bertz CT molecular complexity index is 587. The monoisotopic (exact) mass is 308 g/mol. The van der Waals surface area contributed by atoms with Crippen LogP contribution in [0.4, 0.5) is 0 Å². The van der Waals surface area contributed by atoms with Crippen LogP contribution in [0.25, 0.3) is 0 Å². The molecule has 0 N–H and O–H groups in total. The van der Waals surface area contributed by atoms with Crippen molar-refractivity contribution in [1.29, 1.82) is 0 Å². The van der Waals surface area contributed by atoms with E-state index in [4.69, 9.17) is 0 Å². The molecule has 1 aliphatic rings. The van der Waals surface area contributed by atoms with Crippen molar-refractivity contribution in [2.24, 2.45) is 0 Å². The van der Waals surface area contributed by atoms with Crippen LogP contribution in [0.1, 0.15) is 30.5 Å². The lowest BCUT2D eigenvalue weighted by Gasteiger charge is -2.32. The number of likely N-dealkylation sites (N-methyl/N-ethyl adjacent to an activating group) is 1. The van der Waals surface area contributed by atoms with Gasteiger partial charge in [-0.1, -0.05) is 67.6 Å². The molecular formula is C20H24N2O. The van der Waals surface area contributed by atoms with Gasteiger partial charge in [-0.05, 0) is 24.1 Å². The van der Waals surface area contributed by atoms with Gasteiger partial charge in [0.15, 0.2) is 0 Å². The van der Waals surface area contributed by atoms with Crippen molar-refractivity contribution in [3.05, 3.63) is 71.8 Å². The maximum Gasteiger partial charge on any atom is 0.237 e. The lowest BCUT2D eigenvalue weighted by atomic mass is 9.97. The van der Waals surface area contributed by atoms with Gasteiger partial charge in [-0.2, -0.15) is 0 Å². The average Bonchev–Trinajstić information content (AvgIpc) is 2.79.